The van der Waals surface area contributed by atoms with Crippen molar-refractivity contribution in [2.75, 3.05) is 19.5 Å². The summed E-state index contributed by atoms with van der Waals surface area (Å²) in [6.45, 7) is 0. The van der Waals surface area contributed by atoms with Gasteiger partial charge in [-0.05, 0) is 54.6 Å². The van der Waals surface area contributed by atoms with E-state index in [1.807, 2.05) is 0 Å². The fourth-order valence-electron chi connectivity index (χ4n) is 3.71. The number of carbonyl (C=O) groups excluding carboxylic acids is 4. The summed E-state index contributed by atoms with van der Waals surface area (Å²) in [5.74, 6) is -1.19. The van der Waals surface area contributed by atoms with E-state index in [0.717, 1.165) is 9.80 Å². The molecule has 0 aromatic heterocycles. The molecule has 0 spiro atoms. The van der Waals surface area contributed by atoms with Gasteiger partial charge in [0.25, 0.3) is 11.8 Å². The van der Waals surface area contributed by atoms with Gasteiger partial charge in [-0.2, -0.15) is 0 Å². The van der Waals surface area contributed by atoms with E-state index in [1.165, 1.54) is 44.1 Å². The second-order valence-corrected chi connectivity index (χ2v) is 9.66. The van der Waals surface area contributed by atoms with Gasteiger partial charge in [0.2, 0.25) is 11.8 Å². The highest BCUT2D eigenvalue weighted by atomic mass is 32.2. The first kappa shape index (κ1) is 26.5. The van der Waals surface area contributed by atoms with E-state index in [9.17, 15) is 24.3 Å². The molecule has 9 nitrogen and oxygen atoms in total. The molecule has 10 heteroatoms. The minimum Gasteiger partial charge on any atom is -0.508 e. The van der Waals surface area contributed by atoms with Crippen LogP contribution in [0.3, 0.4) is 0 Å². The lowest BCUT2D eigenvalue weighted by molar-refractivity contribution is -0.136. The summed E-state index contributed by atoms with van der Waals surface area (Å²) in [6.07, 6.45) is 1.60. The van der Waals surface area contributed by atoms with Crippen molar-refractivity contribution in [3.63, 3.8) is 0 Å². The number of rotatable bonds is 8. The van der Waals surface area contributed by atoms with Crippen LogP contribution in [0.25, 0.3) is 6.08 Å². The Morgan fingerprint density at radius 1 is 1.05 bits per heavy atom. The molecule has 1 fully saturated rings. The number of phenolic OH excluding ortho intramolecular Hbond substituents is 1. The number of carbonyl (C=O) groups is 4. The first-order chi connectivity index (χ1) is 18.2. The number of likely N-dealkylation sites (tertiary alicyclic amines) is 1. The Bertz CT molecular complexity index is 1410. The summed E-state index contributed by atoms with van der Waals surface area (Å²) in [6, 6.07) is 19.7. The van der Waals surface area contributed by atoms with Crippen molar-refractivity contribution < 1.29 is 29.0 Å². The Morgan fingerprint density at radius 3 is 2.39 bits per heavy atom. The van der Waals surface area contributed by atoms with E-state index >= 15 is 0 Å². The van der Waals surface area contributed by atoms with Gasteiger partial charge < -0.3 is 20.5 Å². The van der Waals surface area contributed by atoms with Gasteiger partial charge in [0.15, 0.2) is 0 Å². The van der Waals surface area contributed by atoms with Gasteiger partial charge >= 0.3 is 0 Å². The average Bonchev–Trinajstić information content (AvgIpc) is 3.16. The number of aromatic hydroxyl groups is 1. The quantitative estimate of drug-likeness (QED) is 0.299. The molecule has 1 unspecified atom stereocenters. The number of anilines is 1. The smallest absolute Gasteiger partial charge is 0.272 e. The lowest BCUT2D eigenvalue weighted by Crippen LogP contribution is -2.30. The van der Waals surface area contributed by atoms with E-state index in [0.29, 0.717) is 22.6 Å². The van der Waals surface area contributed by atoms with Gasteiger partial charge in [-0.1, -0.05) is 18.2 Å². The maximum Gasteiger partial charge on any atom is 0.272 e. The van der Waals surface area contributed by atoms with Crippen LogP contribution in [0.4, 0.5) is 5.69 Å². The monoisotopic (exact) mass is 531 g/mol. The number of methoxy groups -OCH3 is 1. The van der Waals surface area contributed by atoms with E-state index in [2.05, 4.69) is 10.6 Å². The van der Waals surface area contributed by atoms with Gasteiger partial charge in [-0.3, -0.25) is 24.1 Å². The maximum absolute atomic E-state index is 13.3. The molecule has 194 valence electrons. The van der Waals surface area contributed by atoms with Crippen molar-refractivity contribution in [3.05, 3.63) is 89.6 Å². The third kappa shape index (κ3) is 6.22. The first-order valence-electron chi connectivity index (χ1n) is 11.6. The molecule has 3 N–H and O–H groups in total. The zero-order valence-corrected chi connectivity index (χ0v) is 21.5. The Hall–Kier alpha value is -4.57. The third-order valence-corrected chi connectivity index (χ3v) is 6.97. The van der Waals surface area contributed by atoms with Crippen LogP contribution in [0.1, 0.15) is 22.3 Å². The molecule has 1 saturated heterocycles. The Balaban J connectivity index is 1.54. The van der Waals surface area contributed by atoms with E-state index in [4.69, 9.17) is 4.74 Å². The number of hydrogen-bond acceptors (Lipinski definition) is 7. The Labute approximate surface area is 223 Å². The molecule has 0 aliphatic carbocycles. The van der Waals surface area contributed by atoms with E-state index in [-0.39, 0.29) is 29.7 Å². The number of ether oxygens (including phenoxy) is 1. The predicted molar refractivity (Wildman–Crippen MR) is 144 cm³/mol. The predicted octanol–water partition coefficient (Wildman–Crippen LogP) is 3.66. The van der Waals surface area contributed by atoms with Gasteiger partial charge in [-0.25, -0.2) is 0 Å². The highest BCUT2D eigenvalue weighted by Crippen LogP contribution is 2.31. The molecule has 3 aromatic rings. The van der Waals surface area contributed by atoms with Crippen molar-refractivity contribution in [1.29, 1.82) is 0 Å². The van der Waals surface area contributed by atoms with E-state index in [1.54, 1.807) is 60.7 Å². The number of imide groups is 1. The fourth-order valence-corrected chi connectivity index (χ4v) is 4.82. The summed E-state index contributed by atoms with van der Waals surface area (Å²) in [5, 5.41) is 14.7. The molecule has 0 bridgehead atoms. The molecule has 3 aromatic carbocycles. The molecule has 38 heavy (non-hydrogen) atoms. The average molecular weight is 532 g/mol. The van der Waals surface area contributed by atoms with Gasteiger partial charge in [0, 0.05) is 41.2 Å². The minimum absolute atomic E-state index is 0.00778. The van der Waals surface area contributed by atoms with Crippen LogP contribution >= 0.6 is 11.8 Å². The number of nitrogens with one attached hydrogen (secondary N) is 2. The number of benzene rings is 3. The fraction of sp³-hybridized carbons (Fsp3) is 0.143. The third-order valence-electron chi connectivity index (χ3n) is 5.78. The van der Waals surface area contributed by atoms with Crippen LogP contribution in [0, 0.1) is 0 Å². The summed E-state index contributed by atoms with van der Waals surface area (Å²) in [5.41, 5.74) is 1.26. The SMILES string of the molecule is COc1cc(O)ccc1/C=C(\NC(=O)c1ccccc1)C(=O)Nc1ccc(SC2CC(=O)N(C)C2=O)cc1. The summed E-state index contributed by atoms with van der Waals surface area (Å²) >= 11 is 1.29. The topological polar surface area (TPSA) is 125 Å². The van der Waals surface area contributed by atoms with Crippen LogP contribution in [-0.2, 0) is 14.4 Å². The van der Waals surface area contributed by atoms with Gasteiger partial charge in [0.1, 0.15) is 17.2 Å². The van der Waals surface area contributed by atoms with Crippen molar-refractivity contribution in [2.45, 2.75) is 16.6 Å². The summed E-state index contributed by atoms with van der Waals surface area (Å²) < 4.78 is 5.30. The van der Waals surface area contributed by atoms with Crippen molar-refractivity contribution in [1.82, 2.24) is 10.2 Å². The molecule has 4 rings (SSSR count). The summed E-state index contributed by atoms with van der Waals surface area (Å²) in [4.78, 5) is 51.9. The van der Waals surface area contributed by atoms with Crippen LogP contribution in [0.2, 0.25) is 0 Å². The number of nitrogens with zero attached hydrogens (tertiary/aromatic N) is 1. The van der Waals surface area contributed by atoms with Gasteiger partial charge in [-0.15, -0.1) is 11.8 Å². The van der Waals surface area contributed by atoms with Crippen molar-refractivity contribution in [3.8, 4) is 11.5 Å². The van der Waals surface area contributed by atoms with Gasteiger partial charge in [0.05, 0.1) is 12.4 Å². The largest absolute Gasteiger partial charge is 0.508 e. The molecule has 4 amide bonds. The zero-order chi connectivity index (χ0) is 27.2. The molecule has 1 heterocycles. The molecule has 1 aliphatic rings. The Kier molecular flexibility index (Phi) is 8.12. The second kappa shape index (κ2) is 11.7. The van der Waals surface area contributed by atoms with Crippen LogP contribution in [-0.4, -0.2) is 53.0 Å². The minimum atomic E-state index is -0.581. The normalized spacial score (nSPS) is 15.4. The molecule has 0 radical (unpaired) electrons. The molecular weight excluding hydrogens is 506 g/mol. The number of thioether (sulfide) groups is 1. The van der Waals surface area contributed by atoms with Crippen LogP contribution < -0.4 is 15.4 Å². The maximum atomic E-state index is 13.3. The summed E-state index contributed by atoms with van der Waals surface area (Å²) in [7, 11) is 2.90. The lowest BCUT2D eigenvalue weighted by Gasteiger charge is -2.13. The Morgan fingerprint density at radius 2 is 1.76 bits per heavy atom. The highest BCUT2D eigenvalue weighted by molar-refractivity contribution is 8.00. The standard InChI is InChI=1S/C28H25N3O6S/c1-31-25(33)16-24(28(31)36)38-21-12-9-19(10-13-21)29-27(35)22(30-26(34)17-6-4-3-5-7-17)14-18-8-11-20(32)15-23(18)37-2/h3-15,24,32H,16H2,1-2H3,(H,29,35)(H,30,34)/b22-14-. The molecule has 0 saturated carbocycles. The zero-order valence-electron chi connectivity index (χ0n) is 20.6. The van der Waals surface area contributed by atoms with Crippen molar-refractivity contribution in [2.24, 2.45) is 0 Å². The lowest BCUT2D eigenvalue weighted by atomic mass is 10.1. The van der Waals surface area contributed by atoms with Crippen molar-refractivity contribution >= 4 is 47.2 Å². The highest BCUT2D eigenvalue weighted by Gasteiger charge is 2.36. The van der Waals surface area contributed by atoms with Crippen LogP contribution in [0.5, 0.6) is 11.5 Å². The van der Waals surface area contributed by atoms with Crippen LogP contribution in [0.15, 0.2) is 83.4 Å². The molecule has 1 aliphatic heterocycles. The number of phenols is 1. The number of hydrogen-bond donors (Lipinski definition) is 3. The first-order valence-corrected chi connectivity index (χ1v) is 12.5. The van der Waals surface area contributed by atoms with E-state index < -0.39 is 17.1 Å². The molecule has 1 atom stereocenters. The molecular formula is C28H25N3O6S. The number of amides is 4. The second-order valence-electron chi connectivity index (χ2n) is 8.38.